The number of piperidine rings is 1. The molecule has 0 aromatic heterocycles. The third-order valence-corrected chi connectivity index (χ3v) is 5.95. The summed E-state index contributed by atoms with van der Waals surface area (Å²) in [5.41, 5.74) is 2.23. The van der Waals surface area contributed by atoms with Crippen molar-refractivity contribution in [2.75, 3.05) is 24.6 Å². The minimum absolute atomic E-state index is 0.0477. The van der Waals surface area contributed by atoms with Crippen LogP contribution in [0, 0.1) is 5.92 Å². The summed E-state index contributed by atoms with van der Waals surface area (Å²) < 4.78 is 11.3. The Kier molecular flexibility index (Phi) is 6.72. The van der Waals surface area contributed by atoms with E-state index in [9.17, 15) is 9.59 Å². The Morgan fingerprint density at radius 1 is 0.970 bits per heavy atom. The number of ether oxygens (including phenoxy) is 2. The average Bonchev–Trinajstić information content (AvgIpc) is 3.05. The van der Waals surface area contributed by atoms with E-state index in [2.05, 4.69) is 11.8 Å². The van der Waals surface area contributed by atoms with Crippen molar-refractivity contribution >= 4 is 23.1 Å². The first-order valence-corrected chi connectivity index (χ1v) is 11.8. The molecule has 2 heterocycles. The van der Waals surface area contributed by atoms with Crippen LogP contribution in [0.25, 0.3) is 5.57 Å². The van der Waals surface area contributed by atoms with Gasteiger partial charge in [-0.2, -0.15) is 0 Å². The number of nitrogens with zero attached hydrogens (tertiary/aromatic N) is 2. The molecule has 0 radical (unpaired) electrons. The molecule has 4 rings (SSSR count). The van der Waals surface area contributed by atoms with Crippen molar-refractivity contribution in [3.05, 3.63) is 59.8 Å². The summed E-state index contributed by atoms with van der Waals surface area (Å²) >= 11 is 0. The highest BCUT2D eigenvalue weighted by Crippen LogP contribution is 2.37. The molecule has 6 heteroatoms. The fourth-order valence-corrected chi connectivity index (χ4v) is 4.53. The maximum Gasteiger partial charge on any atom is 0.282 e. The van der Waals surface area contributed by atoms with Crippen LogP contribution in [0.15, 0.2) is 54.2 Å². The van der Waals surface area contributed by atoms with Crippen LogP contribution in [0.5, 0.6) is 11.5 Å². The quantitative estimate of drug-likeness (QED) is 0.565. The molecular formula is C27H32N2O4. The minimum Gasteiger partial charge on any atom is -0.494 e. The lowest BCUT2D eigenvalue weighted by molar-refractivity contribution is -0.120. The van der Waals surface area contributed by atoms with Gasteiger partial charge >= 0.3 is 0 Å². The fourth-order valence-electron chi connectivity index (χ4n) is 4.53. The molecule has 2 amide bonds. The first-order valence-electron chi connectivity index (χ1n) is 11.8. The van der Waals surface area contributed by atoms with Gasteiger partial charge in [0, 0.05) is 13.1 Å². The summed E-state index contributed by atoms with van der Waals surface area (Å²) in [6.45, 7) is 10.1. The Hall–Kier alpha value is -3.28. The lowest BCUT2D eigenvalue weighted by Gasteiger charge is -2.33. The van der Waals surface area contributed by atoms with Gasteiger partial charge in [-0.3, -0.25) is 9.59 Å². The van der Waals surface area contributed by atoms with Crippen molar-refractivity contribution in [1.82, 2.24) is 4.90 Å². The van der Waals surface area contributed by atoms with E-state index in [0.717, 1.165) is 37.2 Å². The maximum atomic E-state index is 13.7. The molecule has 1 saturated heterocycles. The number of rotatable bonds is 7. The van der Waals surface area contributed by atoms with Crippen LogP contribution in [-0.4, -0.2) is 42.5 Å². The van der Waals surface area contributed by atoms with E-state index in [-0.39, 0.29) is 17.9 Å². The zero-order valence-corrected chi connectivity index (χ0v) is 19.8. The highest BCUT2D eigenvalue weighted by Gasteiger charge is 2.43. The summed E-state index contributed by atoms with van der Waals surface area (Å²) in [7, 11) is 0. The van der Waals surface area contributed by atoms with Crippen LogP contribution in [0.3, 0.4) is 0 Å². The van der Waals surface area contributed by atoms with E-state index >= 15 is 0 Å². The Bertz CT molecular complexity index is 1040. The van der Waals surface area contributed by atoms with E-state index in [1.165, 1.54) is 4.90 Å². The normalized spacial score (nSPS) is 19.0. The minimum atomic E-state index is -0.296. The predicted octanol–water partition coefficient (Wildman–Crippen LogP) is 4.89. The molecule has 174 valence electrons. The molecule has 2 aromatic rings. The monoisotopic (exact) mass is 448 g/mol. The summed E-state index contributed by atoms with van der Waals surface area (Å²) in [4.78, 5) is 30.8. The number of carbonyl (C=O) groups is 2. The first kappa shape index (κ1) is 22.9. The number of benzene rings is 2. The van der Waals surface area contributed by atoms with Crippen molar-refractivity contribution in [3.63, 3.8) is 0 Å². The molecule has 0 aliphatic carbocycles. The van der Waals surface area contributed by atoms with Gasteiger partial charge in [-0.15, -0.1) is 0 Å². The smallest absolute Gasteiger partial charge is 0.282 e. The molecule has 2 aromatic carbocycles. The maximum absolute atomic E-state index is 13.7. The number of hydrogen-bond acceptors (Lipinski definition) is 5. The number of imide groups is 1. The van der Waals surface area contributed by atoms with Crippen LogP contribution in [0.4, 0.5) is 5.69 Å². The van der Waals surface area contributed by atoms with Crippen LogP contribution < -0.4 is 14.4 Å². The van der Waals surface area contributed by atoms with E-state index in [1.54, 1.807) is 24.3 Å². The topological polar surface area (TPSA) is 59.1 Å². The number of anilines is 1. The lowest BCUT2D eigenvalue weighted by atomic mass is 9.97. The Balaban J connectivity index is 1.72. The lowest BCUT2D eigenvalue weighted by Crippen LogP contribution is -2.39. The van der Waals surface area contributed by atoms with Crippen LogP contribution in [0.1, 0.15) is 46.1 Å². The molecule has 2 aliphatic rings. The Morgan fingerprint density at radius 3 is 2.24 bits per heavy atom. The van der Waals surface area contributed by atoms with Gasteiger partial charge in [-0.1, -0.05) is 19.1 Å². The second-order valence-corrected chi connectivity index (χ2v) is 8.98. The van der Waals surface area contributed by atoms with Gasteiger partial charge < -0.3 is 14.4 Å². The second-order valence-electron chi connectivity index (χ2n) is 8.98. The summed E-state index contributed by atoms with van der Waals surface area (Å²) in [6.07, 6.45) is 2.18. The highest BCUT2D eigenvalue weighted by atomic mass is 16.5. The third kappa shape index (κ3) is 4.75. The van der Waals surface area contributed by atoms with Crippen LogP contribution in [0.2, 0.25) is 0 Å². The van der Waals surface area contributed by atoms with E-state index in [0.29, 0.717) is 35.2 Å². The molecule has 0 saturated carbocycles. The molecule has 0 bridgehead atoms. The molecule has 6 nitrogen and oxygen atoms in total. The van der Waals surface area contributed by atoms with Crippen molar-refractivity contribution in [1.29, 1.82) is 0 Å². The Morgan fingerprint density at radius 2 is 1.64 bits per heavy atom. The van der Waals surface area contributed by atoms with E-state index < -0.39 is 0 Å². The Labute approximate surface area is 195 Å². The van der Waals surface area contributed by atoms with Crippen molar-refractivity contribution in [2.45, 2.75) is 46.6 Å². The molecule has 1 fully saturated rings. The molecule has 33 heavy (non-hydrogen) atoms. The molecule has 1 unspecified atom stereocenters. The molecule has 1 atom stereocenters. The van der Waals surface area contributed by atoms with Gasteiger partial charge in [-0.05, 0) is 81.5 Å². The van der Waals surface area contributed by atoms with Gasteiger partial charge in [0.1, 0.15) is 17.2 Å². The standard InChI is InChI=1S/C27H32N2O4/c1-5-32-22-12-8-20(9-13-22)24-25(28-16-6-7-19(4)17-28)27(31)29(26(24)30)21-10-14-23(15-11-21)33-18(2)3/h8-15,18-19H,5-7,16-17H2,1-4H3. The van der Waals surface area contributed by atoms with Crippen LogP contribution >= 0.6 is 0 Å². The molecule has 0 N–H and O–H groups in total. The van der Waals surface area contributed by atoms with E-state index in [4.69, 9.17) is 9.47 Å². The number of likely N-dealkylation sites (tertiary alicyclic amines) is 1. The van der Waals surface area contributed by atoms with Crippen LogP contribution in [-0.2, 0) is 9.59 Å². The van der Waals surface area contributed by atoms with E-state index in [1.807, 2.05) is 45.0 Å². The van der Waals surface area contributed by atoms with Gasteiger partial charge in [0.25, 0.3) is 11.8 Å². The zero-order valence-electron chi connectivity index (χ0n) is 19.8. The van der Waals surface area contributed by atoms with Gasteiger partial charge in [0.05, 0.1) is 24.0 Å². The van der Waals surface area contributed by atoms with Gasteiger partial charge in [-0.25, -0.2) is 4.90 Å². The number of carbonyl (C=O) groups excluding carboxylic acids is 2. The number of hydrogen-bond donors (Lipinski definition) is 0. The summed E-state index contributed by atoms with van der Waals surface area (Å²) in [5, 5.41) is 0. The fraction of sp³-hybridized carbons (Fsp3) is 0.407. The summed E-state index contributed by atoms with van der Waals surface area (Å²) in [6, 6.07) is 14.6. The molecule has 2 aliphatic heterocycles. The van der Waals surface area contributed by atoms with Gasteiger partial charge in [0.2, 0.25) is 0 Å². The molecular weight excluding hydrogens is 416 g/mol. The van der Waals surface area contributed by atoms with Gasteiger partial charge in [0.15, 0.2) is 0 Å². The van der Waals surface area contributed by atoms with Crippen molar-refractivity contribution in [3.8, 4) is 11.5 Å². The largest absolute Gasteiger partial charge is 0.494 e. The molecule has 0 spiro atoms. The van der Waals surface area contributed by atoms with Crippen molar-refractivity contribution in [2.24, 2.45) is 5.92 Å². The zero-order chi connectivity index (χ0) is 23.5. The number of amides is 2. The van der Waals surface area contributed by atoms with Crippen molar-refractivity contribution < 1.29 is 19.1 Å². The third-order valence-electron chi connectivity index (χ3n) is 5.95. The first-order chi connectivity index (χ1) is 15.9. The SMILES string of the molecule is CCOc1ccc(C2=C(N3CCCC(C)C3)C(=O)N(c3ccc(OC(C)C)cc3)C2=O)cc1. The summed E-state index contributed by atoms with van der Waals surface area (Å²) in [5.74, 6) is 1.35. The second kappa shape index (κ2) is 9.69. The highest BCUT2D eigenvalue weighted by molar-refractivity contribution is 6.45. The average molecular weight is 449 g/mol. The predicted molar refractivity (Wildman–Crippen MR) is 129 cm³/mol.